The van der Waals surface area contributed by atoms with Crippen LogP contribution in [-0.4, -0.2) is 19.2 Å². The maximum Gasteiger partial charge on any atom is 0.156 e. The topological polar surface area (TPSA) is 47.0 Å². The molecule has 1 aromatic heterocycles. The van der Waals surface area contributed by atoms with Gasteiger partial charge in [-0.15, -0.1) is 11.3 Å². The van der Waals surface area contributed by atoms with Crippen molar-refractivity contribution >= 4 is 37.1 Å². The van der Waals surface area contributed by atoms with Gasteiger partial charge < -0.3 is 0 Å². The fourth-order valence-electron chi connectivity index (χ4n) is 0.645. The van der Waals surface area contributed by atoms with E-state index in [-0.39, 0.29) is 11.5 Å². The molecule has 0 saturated heterocycles. The van der Waals surface area contributed by atoms with Crippen molar-refractivity contribution in [3.05, 3.63) is 15.0 Å². The monoisotopic (exact) mass is 269 g/mol. The molecule has 0 aliphatic heterocycles. The first-order valence-corrected chi connectivity index (χ1v) is 6.77. The molecule has 0 fully saturated rings. The van der Waals surface area contributed by atoms with Crippen LogP contribution >= 0.6 is 27.3 Å². The van der Waals surface area contributed by atoms with Crippen LogP contribution in [0.25, 0.3) is 0 Å². The molecule has 1 heterocycles. The van der Waals surface area contributed by atoms with E-state index in [0.29, 0.717) is 5.01 Å². The second-order valence-corrected chi connectivity index (χ2v) is 7.08. The van der Waals surface area contributed by atoms with E-state index in [1.807, 2.05) is 0 Å². The van der Waals surface area contributed by atoms with Crippen molar-refractivity contribution < 1.29 is 8.42 Å². The van der Waals surface area contributed by atoms with Crippen molar-refractivity contribution in [3.8, 4) is 0 Å². The molecule has 1 rings (SSSR count). The first-order chi connectivity index (χ1) is 5.53. The van der Waals surface area contributed by atoms with E-state index in [2.05, 4.69) is 20.9 Å². The predicted molar refractivity (Wildman–Crippen MR) is 53.0 cm³/mol. The first-order valence-electron chi connectivity index (χ1n) is 3.34. The Morgan fingerprint density at radius 2 is 2.33 bits per heavy atom. The number of aromatic nitrogens is 1. The van der Waals surface area contributed by atoms with Gasteiger partial charge in [-0.25, -0.2) is 13.4 Å². The van der Waals surface area contributed by atoms with Crippen molar-refractivity contribution in [1.82, 2.24) is 4.98 Å². The number of nitrogens with zero attached hydrogens (tertiary/aromatic N) is 1. The Morgan fingerprint density at radius 3 is 2.75 bits per heavy atom. The van der Waals surface area contributed by atoms with E-state index >= 15 is 0 Å². The third kappa shape index (κ3) is 2.84. The second kappa shape index (κ2) is 3.85. The molecule has 1 aromatic rings. The molecule has 0 unspecified atom stereocenters. The summed E-state index contributed by atoms with van der Waals surface area (Å²) in [4.78, 5) is 3.94. The minimum absolute atomic E-state index is 0.0553. The summed E-state index contributed by atoms with van der Waals surface area (Å²) in [6.07, 6.45) is 1.62. The zero-order valence-corrected chi connectivity index (χ0v) is 9.67. The summed E-state index contributed by atoms with van der Waals surface area (Å²) in [7, 11) is -2.93. The van der Waals surface area contributed by atoms with Crippen molar-refractivity contribution in [2.75, 3.05) is 5.75 Å². The molecule has 0 spiro atoms. The average molecular weight is 270 g/mol. The maximum atomic E-state index is 11.1. The van der Waals surface area contributed by atoms with Gasteiger partial charge in [0.2, 0.25) is 0 Å². The summed E-state index contributed by atoms with van der Waals surface area (Å²) in [6, 6.07) is 0. The van der Waals surface area contributed by atoms with E-state index in [1.54, 1.807) is 13.1 Å². The highest BCUT2D eigenvalue weighted by Crippen LogP contribution is 2.20. The third-order valence-corrected chi connectivity index (χ3v) is 4.56. The molecule has 0 amide bonds. The largest absolute Gasteiger partial charge is 0.247 e. The van der Waals surface area contributed by atoms with Gasteiger partial charge in [0.25, 0.3) is 0 Å². The van der Waals surface area contributed by atoms with Crippen LogP contribution in [0.4, 0.5) is 0 Å². The summed E-state index contributed by atoms with van der Waals surface area (Å²) in [5.74, 6) is 0.226. The van der Waals surface area contributed by atoms with Gasteiger partial charge in [-0.05, 0) is 15.9 Å². The van der Waals surface area contributed by atoms with Crippen LogP contribution in [0.2, 0.25) is 0 Å². The fourth-order valence-corrected chi connectivity index (χ4v) is 3.17. The standard InChI is InChI=1S/C6H8BrNO2S2/c1-2-12(9,10)4-6-8-3-5(7)11-6/h3H,2,4H2,1H3. The lowest BCUT2D eigenvalue weighted by Crippen LogP contribution is -2.05. The van der Waals surface area contributed by atoms with Gasteiger partial charge in [-0.1, -0.05) is 6.92 Å². The normalized spacial score (nSPS) is 11.8. The maximum absolute atomic E-state index is 11.1. The van der Waals surface area contributed by atoms with Crippen molar-refractivity contribution in [1.29, 1.82) is 0 Å². The number of rotatable bonds is 3. The predicted octanol–water partition coefficient (Wildman–Crippen LogP) is 1.84. The van der Waals surface area contributed by atoms with Crippen LogP contribution in [-0.2, 0) is 15.6 Å². The Bertz CT molecular complexity index is 357. The Hall–Kier alpha value is 0.0600. The van der Waals surface area contributed by atoms with Gasteiger partial charge in [0, 0.05) is 5.75 Å². The Labute approximate surface area is 83.9 Å². The van der Waals surface area contributed by atoms with Gasteiger partial charge in [-0.3, -0.25) is 0 Å². The highest BCUT2D eigenvalue weighted by molar-refractivity contribution is 9.11. The van der Waals surface area contributed by atoms with E-state index in [9.17, 15) is 8.42 Å². The summed E-state index contributed by atoms with van der Waals surface area (Å²) < 4.78 is 23.1. The van der Waals surface area contributed by atoms with Crippen LogP contribution in [0.5, 0.6) is 0 Å². The zero-order valence-electron chi connectivity index (χ0n) is 6.45. The molecule has 0 N–H and O–H groups in total. The molecule has 0 aliphatic rings. The lowest BCUT2D eigenvalue weighted by atomic mass is 10.8. The molecular formula is C6H8BrNO2S2. The summed E-state index contributed by atoms with van der Waals surface area (Å²) in [5, 5.41) is 0.642. The highest BCUT2D eigenvalue weighted by Gasteiger charge is 2.11. The fraction of sp³-hybridized carbons (Fsp3) is 0.500. The molecule has 0 radical (unpaired) electrons. The third-order valence-electron chi connectivity index (χ3n) is 1.31. The molecular weight excluding hydrogens is 262 g/mol. The molecule has 0 aromatic carbocycles. The second-order valence-electron chi connectivity index (χ2n) is 2.23. The van der Waals surface area contributed by atoms with Crippen LogP contribution in [0, 0.1) is 0 Å². The number of sulfone groups is 1. The molecule has 0 bridgehead atoms. The lowest BCUT2D eigenvalue weighted by Gasteiger charge is -1.95. The van der Waals surface area contributed by atoms with E-state index in [4.69, 9.17) is 0 Å². The van der Waals surface area contributed by atoms with E-state index in [0.717, 1.165) is 3.79 Å². The Kier molecular flexibility index (Phi) is 3.25. The summed E-state index contributed by atoms with van der Waals surface area (Å²) >= 11 is 4.58. The molecule has 0 atom stereocenters. The van der Waals surface area contributed by atoms with Gasteiger partial charge in [0.15, 0.2) is 9.84 Å². The number of thiazole rings is 1. The van der Waals surface area contributed by atoms with Gasteiger partial charge >= 0.3 is 0 Å². The average Bonchev–Trinajstić information content (AvgIpc) is 2.35. The quantitative estimate of drug-likeness (QED) is 0.842. The minimum atomic E-state index is -2.93. The van der Waals surface area contributed by atoms with Crippen LogP contribution < -0.4 is 0 Å². The summed E-state index contributed by atoms with van der Waals surface area (Å²) in [5.41, 5.74) is 0. The smallest absolute Gasteiger partial charge is 0.156 e. The van der Waals surface area contributed by atoms with Gasteiger partial charge in [0.1, 0.15) is 10.8 Å². The van der Waals surface area contributed by atoms with Gasteiger partial charge in [0.05, 0.1) is 9.98 Å². The summed E-state index contributed by atoms with van der Waals surface area (Å²) in [6.45, 7) is 1.64. The highest BCUT2D eigenvalue weighted by atomic mass is 79.9. The Morgan fingerprint density at radius 1 is 1.67 bits per heavy atom. The van der Waals surface area contributed by atoms with Gasteiger partial charge in [-0.2, -0.15) is 0 Å². The minimum Gasteiger partial charge on any atom is -0.247 e. The Balaban J connectivity index is 2.77. The molecule has 6 heteroatoms. The zero-order chi connectivity index (χ0) is 9.19. The molecule has 0 saturated carbocycles. The van der Waals surface area contributed by atoms with Crippen molar-refractivity contribution in [3.63, 3.8) is 0 Å². The number of halogens is 1. The van der Waals surface area contributed by atoms with Crippen LogP contribution in [0.1, 0.15) is 11.9 Å². The number of hydrogen-bond donors (Lipinski definition) is 0. The molecule has 12 heavy (non-hydrogen) atoms. The molecule has 68 valence electrons. The molecule has 3 nitrogen and oxygen atoms in total. The molecule has 0 aliphatic carbocycles. The first kappa shape index (κ1) is 10.1. The number of hydrogen-bond acceptors (Lipinski definition) is 4. The van der Waals surface area contributed by atoms with Crippen LogP contribution in [0.3, 0.4) is 0 Å². The van der Waals surface area contributed by atoms with Crippen LogP contribution in [0.15, 0.2) is 9.98 Å². The lowest BCUT2D eigenvalue weighted by molar-refractivity contribution is 0.596. The van der Waals surface area contributed by atoms with Crippen molar-refractivity contribution in [2.45, 2.75) is 12.7 Å². The van der Waals surface area contributed by atoms with E-state index < -0.39 is 9.84 Å². The van der Waals surface area contributed by atoms with E-state index in [1.165, 1.54) is 11.3 Å². The van der Waals surface area contributed by atoms with Crippen molar-refractivity contribution in [2.24, 2.45) is 0 Å². The SMILES string of the molecule is CCS(=O)(=O)Cc1ncc(Br)s1.